The fraction of sp³-hybridized carbons (Fsp3) is 0.381. The molecule has 1 unspecified atom stereocenters. The molecule has 3 rings (SSSR count). The molecule has 0 saturated heterocycles. The van der Waals surface area contributed by atoms with Gasteiger partial charge in [0.1, 0.15) is 11.8 Å². The summed E-state index contributed by atoms with van der Waals surface area (Å²) in [5.74, 6) is -2.22. The summed E-state index contributed by atoms with van der Waals surface area (Å²) in [7, 11) is -3.94. The zero-order chi connectivity index (χ0) is 21.9. The quantitative estimate of drug-likeness (QED) is 0.707. The fourth-order valence-corrected chi connectivity index (χ4v) is 4.66. The van der Waals surface area contributed by atoms with Crippen molar-refractivity contribution in [3.63, 3.8) is 0 Å². The fourth-order valence-electron chi connectivity index (χ4n) is 3.49. The largest absolute Gasteiger partial charge is 0.490 e. The van der Waals surface area contributed by atoms with Crippen molar-refractivity contribution >= 4 is 27.3 Å². The smallest absolute Gasteiger partial charge is 0.247 e. The van der Waals surface area contributed by atoms with E-state index in [4.69, 9.17) is 4.74 Å². The van der Waals surface area contributed by atoms with Gasteiger partial charge in [0, 0.05) is 11.8 Å². The Morgan fingerprint density at radius 2 is 1.73 bits per heavy atom. The molecule has 2 aromatic rings. The highest BCUT2D eigenvalue weighted by Gasteiger charge is 2.30. The number of carbonyl (C=O) groups is 1. The Kier molecular flexibility index (Phi) is 6.60. The van der Waals surface area contributed by atoms with Crippen molar-refractivity contribution in [2.24, 2.45) is 0 Å². The monoisotopic (exact) mass is 438 g/mol. The molecule has 162 valence electrons. The van der Waals surface area contributed by atoms with Gasteiger partial charge in [-0.15, -0.1) is 0 Å². The van der Waals surface area contributed by atoms with Crippen LogP contribution in [0.4, 0.5) is 20.2 Å². The zero-order valence-electron chi connectivity index (χ0n) is 16.8. The van der Waals surface area contributed by atoms with Crippen molar-refractivity contribution in [2.75, 3.05) is 15.9 Å². The van der Waals surface area contributed by atoms with Crippen molar-refractivity contribution in [1.82, 2.24) is 0 Å². The first-order valence-corrected chi connectivity index (χ1v) is 11.5. The number of ether oxygens (including phenoxy) is 1. The third-order valence-corrected chi connectivity index (χ3v) is 6.21. The summed E-state index contributed by atoms with van der Waals surface area (Å²) >= 11 is 0. The van der Waals surface area contributed by atoms with Crippen molar-refractivity contribution in [3.8, 4) is 5.75 Å². The predicted octanol–water partition coefficient (Wildman–Crippen LogP) is 4.08. The van der Waals surface area contributed by atoms with Gasteiger partial charge in [0.2, 0.25) is 15.9 Å². The highest BCUT2D eigenvalue weighted by Crippen LogP contribution is 2.26. The number of benzene rings is 2. The molecule has 1 N–H and O–H groups in total. The molecule has 2 aromatic carbocycles. The van der Waals surface area contributed by atoms with Crippen molar-refractivity contribution in [3.05, 3.63) is 54.1 Å². The maximum atomic E-state index is 13.6. The Hall–Kier alpha value is -2.68. The predicted molar refractivity (Wildman–Crippen MR) is 111 cm³/mol. The second-order valence-electron chi connectivity index (χ2n) is 7.37. The van der Waals surface area contributed by atoms with Crippen LogP contribution in [0, 0.1) is 11.6 Å². The number of nitrogens with zero attached hydrogens (tertiary/aromatic N) is 1. The number of carbonyl (C=O) groups excluding carboxylic acids is 1. The van der Waals surface area contributed by atoms with Gasteiger partial charge in [-0.25, -0.2) is 17.2 Å². The Morgan fingerprint density at radius 3 is 2.30 bits per heavy atom. The van der Waals surface area contributed by atoms with Crippen LogP contribution in [0.1, 0.15) is 32.6 Å². The summed E-state index contributed by atoms with van der Waals surface area (Å²) in [6.07, 6.45) is 5.48. The molecular formula is C21H24F2N2O4S. The lowest BCUT2D eigenvalue weighted by Crippen LogP contribution is -2.45. The molecule has 6 nitrogen and oxygen atoms in total. The molecule has 0 aromatic heterocycles. The van der Waals surface area contributed by atoms with Crippen LogP contribution in [-0.4, -0.2) is 32.7 Å². The van der Waals surface area contributed by atoms with E-state index in [-0.39, 0.29) is 11.8 Å². The maximum absolute atomic E-state index is 13.6. The Labute approximate surface area is 174 Å². The van der Waals surface area contributed by atoms with E-state index in [9.17, 15) is 22.0 Å². The molecule has 0 bridgehead atoms. The molecule has 0 aliphatic heterocycles. The van der Waals surface area contributed by atoms with Gasteiger partial charge in [-0.05, 0) is 69.0 Å². The molecule has 1 saturated carbocycles. The third kappa shape index (κ3) is 5.27. The summed E-state index contributed by atoms with van der Waals surface area (Å²) in [4.78, 5) is 12.7. The van der Waals surface area contributed by atoms with Gasteiger partial charge in [-0.2, -0.15) is 0 Å². The molecule has 1 aliphatic rings. The summed E-state index contributed by atoms with van der Waals surface area (Å²) in [5.41, 5.74) is 0.323. The molecule has 1 atom stereocenters. The molecule has 1 aliphatic carbocycles. The number of amides is 1. The Bertz CT molecular complexity index is 1010. The van der Waals surface area contributed by atoms with Gasteiger partial charge in [0.05, 0.1) is 18.0 Å². The molecule has 0 heterocycles. The Morgan fingerprint density at radius 1 is 1.10 bits per heavy atom. The van der Waals surface area contributed by atoms with E-state index in [0.717, 1.165) is 54.4 Å². The normalized spacial score (nSPS) is 15.6. The minimum atomic E-state index is -3.94. The van der Waals surface area contributed by atoms with E-state index >= 15 is 0 Å². The van der Waals surface area contributed by atoms with Crippen LogP contribution in [0.2, 0.25) is 0 Å². The van der Waals surface area contributed by atoms with Crippen molar-refractivity contribution in [2.45, 2.75) is 44.8 Å². The molecular weight excluding hydrogens is 414 g/mol. The Balaban J connectivity index is 1.72. The summed E-state index contributed by atoms with van der Waals surface area (Å²) in [5, 5.41) is 2.64. The number of nitrogens with one attached hydrogen (secondary N) is 1. The number of anilines is 2. The average Bonchev–Trinajstić information content (AvgIpc) is 3.18. The van der Waals surface area contributed by atoms with E-state index in [1.807, 2.05) is 0 Å². The van der Waals surface area contributed by atoms with Crippen LogP contribution >= 0.6 is 0 Å². The first kappa shape index (κ1) is 22.0. The lowest BCUT2D eigenvalue weighted by Gasteiger charge is -2.28. The van der Waals surface area contributed by atoms with Gasteiger partial charge in [-0.3, -0.25) is 9.10 Å². The second kappa shape index (κ2) is 8.99. The first-order valence-electron chi connectivity index (χ1n) is 9.67. The van der Waals surface area contributed by atoms with Gasteiger partial charge >= 0.3 is 0 Å². The topological polar surface area (TPSA) is 75.7 Å². The maximum Gasteiger partial charge on any atom is 0.247 e. The van der Waals surface area contributed by atoms with E-state index in [1.54, 1.807) is 24.3 Å². The molecule has 30 heavy (non-hydrogen) atoms. The average molecular weight is 438 g/mol. The van der Waals surface area contributed by atoms with Gasteiger partial charge in [-0.1, -0.05) is 0 Å². The van der Waals surface area contributed by atoms with E-state index in [1.165, 1.54) is 6.92 Å². The number of halogens is 2. The van der Waals surface area contributed by atoms with Crippen LogP contribution in [0.5, 0.6) is 5.75 Å². The minimum Gasteiger partial charge on any atom is -0.490 e. The van der Waals surface area contributed by atoms with Gasteiger partial charge in [0.15, 0.2) is 11.6 Å². The van der Waals surface area contributed by atoms with Crippen LogP contribution in [0.15, 0.2) is 42.5 Å². The molecule has 1 fully saturated rings. The van der Waals surface area contributed by atoms with Crippen LogP contribution in [0.3, 0.4) is 0 Å². The van der Waals surface area contributed by atoms with Crippen LogP contribution in [-0.2, 0) is 14.8 Å². The molecule has 0 spiro atoms. The van der Waals surface area contributed by atoms with E-state index in [0.29, 0.717) is 11.4 Å². The van der Waals surface area contributed by atoms with Gasteiger partial charge in [0.25, 0.3) is 0 Å². The van der Waals surface area contributed by atoms with Crippen LogP contribution in [0.25, 0.3) is 0 Å². The highest BCUT2D eigenvalue weighted by atomic mass is 32.2. The van der Waals surface area contributed by atoms with E-state index in [2.05, 4.69) is 5.32 Å². The lowest BCUT2D eigenvalue weighted by atomic mass is 10.2. The minimum absolute atomic E-state index is 0.139. The first-order chi connectivity index (χ1) is 14.1. The number of sulfonamides is 1. The summed E-state index contributed by atoms with van der Waals surface area (Å²) in [6, 6.07) is 8.28. The summed E-state index contributed by atoms with van der Waals surface area (Å²) in [6.45, 7) is 1.37. The van der Waals surface area contributed by atoms with Crippen LogP contribution < -0.4 is 14.4 Å². The van der Waals surface area contributed by atoms with Crippen molar-refractivity contribution < 1.29 is 26.7 Å². The number of hydrogen-bond donors (Lipinski definition) is 1. The highest BCUT2D eigenvalue weighted by molar-refractivity contribution is 7.92. The SMILES string of the molecule is CC(C(=O)Nc1ccc(OC2CCCC2)cc1)N(c1ccc(F)c(F)c1)S(C)(=O)=O. The number of rotatable bonds is 7. The lowest BCUT2D eigenvalue weighted by molar-refractivity contribution is -0.116. The molecule has 0 radical (unpaired) electrons. The zero-order valence-corrected chi connectivity index (χ0v) is 17.6. The van der Waals surface area contributed by atoms with Crippen molar-refractivity contribution in [1.29, 1.82) is 0 Å². The molecule has 1 amide bonds. The second-order valence-corrected chi connectivity index (χ2v) is 9.23. The summed E-state index contributed by atoms with van der Waals surface area (Å²) < 4.78 is 58.0. The number of hydrogen-bond acceptors (Lipinski definition) is 4. The molecule has 9 heteroatoms. The standard InChI is InChI=1S/C21H24F2N2O4S/c1-14(25(30(2,27)28)16-9-12-19(22)20(23)13-16)21(26)24-15-7-10-18(11-8-15)29-17-5-3-4-6-17/h7-14,17H,3-6H2,1-2H3,(H,24,26). The third-order valence-electron chi connectivity index (χ3n) is 4.97. The van der Waals surface area contributed by atoms with Gasteiger partial charge < -0.3 is 10.1 Å². The van der Waals surface area contributed by atoms with E-state index < -0.39 is 33.6 Å².